The first-order valence-corrected chi connectivity index (χ1v) is 8.87. The van der Waals surface area contributed by atoms with Crippen LogP contribution in [-0.2, 0) is 22.7 Å². The van der Waals surface area contributed by atoms with Crippen LogP contribution in [0.5, 0.6) is 0 Å². The van der Waals surface area contributed by atoms with Crippen molar-refractivity contribution in [2.24, 2.45) is 5.16 Å². The maximum atomic E-state index is 12.7. The predicted molar refractivity (Wildman–Crippen MR) is 107 cm³/mol. The number of carbonyl (C=O) groups is 1. The molecule has 1 amide bonds. The van der Waals surface area contributed by atoms with Gasteiger partial charge in [-0.15, -0.1) is 0 Å². The summed E-state index contributed by atoms with van der Waals surface area (Å²) >= 11 is 0. The van der Waals surface area contributed by atoms with E-state index in [1.807, 2.05) is 91.0 Å². The van der Waals surface area contributed by atoms with Gasteiger partial charge in [0.25, 0.3) is 5.91 Å². The van der Waals surface area contributed by atoms with E-state index < -0.39 is 0 Å². The molecule has 0 aliphatic heterocycles. The van der Waals surface area contributed by atoms with Crippen LogP contribution in [0.3, 0.4) is 0 Å². The highest BCUT2D eigenvalue weighted by atomic mass is 16.6. The Morgan fingerprint density at radius 1 is 0.778 bits per heavy atom. The molecule has 0 radical (unpaired) electrons. The molecule has 0 saturated heterocycles. The Hall–Kier alpha value is -3.40. The molecule has 0 aliphatic carbocycles. The van der Waals surface area contributed by atoms with Crippen molar-refractivity contribution in [3.8, 4) is 0 Å². The lowest BCUT2D eigenvalue weighted by molar-refractivity contribution is -0.137. The van der Waals surface area contributed by atoms with Crippen LogP contribution in [0.1, 0.15) is 16.7 Å². The molecule has 3 rings (SSSR count). The molecule has 0 unspecified atom stereocenters. The van der Waals surface area contributed by atoms with E-state index in [-0.39, 0.29) is 12.5 Å². The topological polar surface area (TPSA) is 41.9 Å². The van der Waals surface area contributed by atoms with Crippen LogP contribution >= 0.6 is 0 Å². The molecular formula is C23H22N2O2. The van der Waals surface area contributed by atoms with Gasteiger partial charge >= 0.3 is 0 Å². The molecule has 0 atom stereocenters. The van der Waals surface area contributed by atoms with Crippen LogP contribution in [-0.4, -0.2) is 23.6 Å². The molecule has 3 aromatic rings. The van der Waals surface area contributed by atoms with Crippen LogP contribution in [0.15, 0.2) is 96.2 Å². The summed E-state index contributed by atoms with van der Waals surface area (Å²) in [5, 5.41) is 3.91. The molecule has 4 heteroatoms. The zero-order valence-electron chi connectivity index (χ0n) is 15.1. The summed E-state index contributed by atoms with van der Waals surface area (Å²) < 4.78 is 0. The number of oxime groups is 1. The second kappa shape index (κ2) is 9.92. The van der Waals surface area contributed by atoms with Gasteiger partial charge in [-0.25, -0.2) is 0 Å². The highest BCUT2D eigenvalue weighted by Gasteiger charge is 2.15. The van der Waals surface area contributed by atoms with Gasteiger partial charge in [0, 0.05) is 13.1 Å². The molecule has 0 bridgehead atoms. The van der Waals surface area contributed by atoms with Gasteiger partial charge in [-0.2, -0.15) is 0 Å². The third-order valence-electron chi connectivity index (χ3n) is 4.05. The number of rotatable bonds is 8. The van der Waals surface area contributed by atoms with E-state index in [4.69, 9.17) is 4.84 Å². The molecule has 0 spiro atoms. The summed E-state index contributed by atoms with van der Waals surface area (Å²) in [4.78, 5) is 19.7. The van der Waals surface area contributed by atoms with Gasteiger partial charge in [0.1, 0.15) is 0 Å². The Morgan fingerprint density at radius 3 is 1.78 bits per heavy atom. The minimum atomic E-state index is -0.104. The standard InChI is InChI=1S/C23H22N2O2/c26-23(19-27-24-16-20-10-4-1-5-11-20)25(17-21-12-6-2-7-13-21)18-22-14-8-3-9-15-22/h1-16H,17-19H2/b24-16+. The third-order valence-corrected chi connectivity index (χ3v) is 4.05. The summed E-state index contributed by atoms with van der Waals surface area (Å²) in [7, 11) is 0. The second-order valence-corrected chi connectivity index (χ2v) is 6.14. The average Bonchev–Trinajstić information content (AvgIpc) is 2.73. The summed E-state index contributed by atoms with van der Waals surface area (Å²) in [6.45, 7) is 0.962. The van der Waals surface area contributed by atoms with Crippen molar-refractivity contribution < 1.29 is 9.63 Å². The van der Waals surface area contributed by atoms with Crippen molar-refractivity contribution in [3.05, 3.63) is 108 Å². The maximum Gasteiger partial charge on any atom is 0.263 e. The first-order chi connectivity index (χ1) is 13.3. The third kappa shape index (κ3) is 6.12. The van der Waals surface area contributed by atoms with Gasteiger partial charge in [0.2, 0.25) is 0 Å². The minimum Gasteiger partial charge on any atom is -0.386 e. The Morgan fingerprint density at radius 2 is 1.26 bits per heavy atom. The molecule has 0 N–H and O–H groups in total. The number of amides is 1. The second-order valence-electron chi connectivity index (χ2n) is 6.14. The molecule has 136 valence electrons. The molecule has 0 heterocycles. The number of hydrogen-bond donors (Lipinski definition) is 0. The summed E-state index contributed by atoms with van der Waals surface area (Å²) in [6.07, 6.45) is 1.60. The molecule has 0 fully saturated rings. The van der Waals surface area contributed by atoms with Gasteiger partial charge in [-0.3, -0.25) is 4.79 Å². The summed E-state index contributed by atoms with van der Waals surface area (Å²) in [6, 6.07) is 29.5. The lowest BCUT2D eigenvalue weighted by Gasteiger charge is -2.22. The van der Waals surface area contributed by atoms with Crippen LogP contribution in [0.25, 0.3) is 0 Å². The minimum absolute atomic E-state index is 0.0942. The fraction of sp³-hybridized carbons (Fsp3) is 0.130. The largest absolute Gasteiger partial charge is 0.386 e. The lowest BCUT2D eigenvalue weighted by Crippen LogP contribution is -2.32. The molecule has 3 aromatic carbocycles. The highest BCUT2D eigenvalue weighted by Crippen LogP contribution is 2.10. The average molecular weight is 358 g/mol. The number of benzene rings is 3. The summed E-state index contributed by atoms with van der Waals surface area (Å²) in [5.74, 6) is -0.104. The molecule has 0 aromatic heterocycles. The van der Waals surface area contributed by atoms with E-state index in [1.165, 1.54) is 0 Å². The van der Waals surface area contributed by atoms with E-state index in [0.717, 1.165) is 16.7 Å². The van der Waals surface area contributed by atoms with E-state index in [2.05, 4.69) is 5.16 Å². The quantitative estimate of drug-likeness (QED) is 0.446. The monoisotopic (exact) mass is 358 g/mol. The Balaban J connectivity index is 1.62. The first-order valence-electron chi connectivity index (χ1n) is 8.87. The van der Waals surface area contributed by atoms with E-state index in [1.54, 1.807) is 11.1 Å². The van der Waals surface area contributed by atoms with Crippen molar-refractivity contribution in [2.45, 2.75) is 13.1 Å². The van der Waals surface area contributed by atoms with Crippen molar-refractivity contribution in [3.63, 3.8) is 0 Å². The molecule has 4 nitrogen and oxygen atoms in total. The van der Waals surface area contributed by atoms with Gasteiger partial charge < -0.3 is 9.74 Å². The Bertz CT molecular complexity index is 808. The van der Waals surface area contributed by atoms with Gasteiger partial charge in [0.05, 0.1) is 6.21 Å². The normalized spacial score (nSPS) is 10.7. The van der Waals surface area contributed by atoms with Crippen LogP contribution in [0.2, 0.25) is 0 Å². The number of hydrogen-bond acceptors (Lipinski definition) is 3. The van der Waals surface area contributed by atoms with Crippen molar-refractivity contribution in [1.82, 2.24) is 4.90 Å². The Labute approximate surface area is 159 Å². The smallest absolute Gasteiger partial charge is 0.263 e. The predicted octanol–water partition coefficient (Wildman–Crippen LogP) is 4.27. The lowest BCUT2D eigenvalue weighted by atomic mass is 10.1. The maximum absolute atomic E-state index is 12.7. The highest BCUT2D eigenvalue weighted by molar-refractivity contribution is 5.79. The molecule has 0 saturated carbocycles. The van der Waals surface area contributed by atoms with Gasteiger partial charge in [0.15, 0.2) is 6.61 Å². The van der Waals surface area contributed by atoms with Crippen molar-refractivity contribution in [2.75, 3.05) is 6.61 Å². The zero-order chi connectivity index (χ0) is 18.7. The van der Waals surface area contributed by atoms with Gasteiger partial charge in [-0.05, 0) is 16.7 Å². The van der Waals surface area contributed by atoms with Crippen molar-refractivity contribution in [1.29, 1.82) is 0 Å². The van der Waals surface area contributed by atoms with E-state index in [9.17, 15) is 4.79 Å². The van der Waals surface area contributed by atoms with Gasteiger partial charge in [-0.1, -0.05) is 96.2 Å². The van der Waals surface area contributed by atoms with E-state index in [0.29, 0.717) is 13.1 Å². The first kappa shape index (κ1) is 18.4. The number of carbonyl (C=O) groups excluding carboxylic acids is 1. The summed E-state index contributed by atoms with van der Waals surface area (Å²) in [5.41, 5.74) is 3.08. The van der Waals surface area contributed by atoms with Crippen LogP contribution in [0.4, 0.5) is 0 Å². The van der Waals surface area contributed by atoms with Crippen LogP contribution < -0.4 is 0 Å². The molecular weight excluding hydrogens is 336 g/mol. The number of nitrogens with zero attached hydrogens (tertiary/aromatic N) is 2. The fourth-order valence-electron chi connectivity index (χ4n) is 2.66. The van der Waals surface area contributed by atoms with E-state index >= 15 is 0 Å². The van der Waals surface area contributed by atoms with Crippen LogP contribution in [0, 0.1) is 0 Å². The zero-order valence-corrected chi connectivity index (χ0v) is 15.1. The Kier molecular flexibility index (Phi) is 6.76. The van der Waals surface area contributed by atoms with Crippen molar-refractivity contribution >= 4 is 12.1 Å². The molecule has 27 heavy (non-hydrogen) atoms. The fourth-order valence-corrected chi connectivity index (χ4v) is 2.66. The molecule has 0 aliphatic rings. The SMILES string of the molecule is O=C(CO/N=C/c1ccccc1)N(Cc1ccccc1)Cc1ccccc1.